The molecule has 0 radical (unpaired) electrons. The van der Waals surface area contributed by atoms with Gasteiger partial charge in [-0.1, -0.05) is 29.8 Å². The highest BCUT2D eigenvalue weighted by Gasteiger charge is 2.28. The van der Waals surface area contributed by atoms with Crippen LogP contribution < -0.4 is 0 Å². The van der Waals surface area contributed by atoms with Crippen LogP contribution in [0.2, 0.25) is 5.15 Å². The number of aromatic nitrogens is 1. The van der Waals surface area contributed by atoms with Gasteiger partial charge in [-0.25, -0.2) is 13.4 Å². The van der Waals surface area contributed by atoms with Crippen molar-refractivity contribution in [3.8, 4) is 0 Å². The fourth-order valence-corrected chi connectivity index (χ4v) is 5.62. The fourth-order valence-electron chi connectivity index (χ4n) is 3.19. The molecule has 0 amide bonds. The molecule has 4 rings (SSSR count). The number of nitrogens with zero attached hydrogens (tertiary/aromatic N) is 3. The Labute approximate surface area is 161 Å². The molecule has 1 aromatic carbocycles. The standard InChI is InChI=1S/C18H18ClN3O2S2/c19-18-6-5-15(11-20-18)26(23,24)22-9-7-21(8-10-22)12-14-13-25-17-4-2-1-3-16(14)17/h1-6,11,13H,7-10,12H2. The molecule has 1 aliphatic heterocycles. The van der Waals surface area contributed by atoms with Crippen LogP contribution in [0.1, 0.15) is 5.56 Å². The normalized spacial score (nSPS) is 17.0. The molecule has 0 bridgehead atoms. The van der Waals surface area contributed by atoms with Crippen molar-refractivity contribution in [2.24, 2.45) is 0 Å². The van der Waals surface area contributed by atoms with Gasteiger partial charge in [-0.3, -0.25) is 4.90 Å². The van der Waals surface area contributed by atoms with Crippen molar-refractivity contribution in [3.05, 3.63) is 58.7 Å². The van der Waals surface area contributed by atoms with Crippen molar-refractivity contribution in [1.82, 2.24) is 14.2 Å². The van der Waals surface area contributed by atoms with Crippen LogP contribution in [-0.4, -0.2) is 48.8 Å². The molecule has 0 unspecified atom stereocenters. The molecule has 136 valence electrons. The summed E-state index contributed by atoms with van der Waals surface area (Å²) in [5.41, 5.74) is 1.31. The minimum atomic E-state index is -3.51. The number of halogens is 1. The molecular weight excluding hydrogens is 390 g/mol. The predicted octanol–water partition coefficient (Wildman–Crippen LogP) is 3.46. The number of rotatable bonds is 4. The zero-order valence-electron chi connectivity index (χ0n) is 14.0. The molecule has 0 spiro atoms. The van der Waals surface area contributed by atoms with Gasteiger partial charge in [-0.05, 0) is 34.5 Å². The number of fused-ring (bicyclic) bond motifs is 1. The molecule has 0 atom stereocenters. The summed E-state index contributed by atoms with van der Waals surface area (Å²) in [6, 6.07) is 11.4. The maximum atomic E-state index is 12.7. The molecule has 8 heteroatoms. The number of piperazine rings is 1. The lowest BCUT2D eigenvalue weighted by Crippen LogP contribution is -2.48. The predicted molar refractivity (Wildman–Crippen MR) is 105 cm³/mol. The van der Waals surface area contributed by atoms with Crippen molar-refractivity contribution >= 4 is 43.0 Å². The Hall–Kier alpha value is -1.51. The monoisotopic (exact) mass is 407 g/mol. The maximum Gasteiger partial charge on any atom is 0.244 e. The highest BCUT2D eigenvalue weighted by Crippen LogP contribution is 2.27. The summed E-state index contributed by atoms with van der Waals surface area (Å²) in [5.74, 6) is 0. The SMILES string of the molecule is O=S(=O)(c1ccc(Cl)nc1)N1CCN(Cc2csc3ccccc23)CC1. The quantitative estimate of drug-likeness (QED) is 0.621. The number of thiophene rings is 1. The van der Waals surface area contributed by atoms with E-state index in [1.54, 1.807) is 11.3 Å². The molecule has 0 aliphatic carbocycles. The van der Waals surface area contributed by atoms with Crippen LogP contribution in [0.4, 0.5) is 0 Å². The summed E-state index contributed by atoms with van der Waals surface area (Å²) >= 11 is 7.51. The second kappa shape index (κ2) is 7.25. The fraction of sp³-hybridized carbons (Fsp3) is 0.278. The lowest BCUT2D eigenvalue weighted by Gasteiger charge is -2.33. The zero-order chi connectivity index (χ0) is 18.1. The first-order valence-electron chi connectivity index (χ1n) is 8.33. The molecule has 1 fully saturated rings. The van der Waals surface area contributed by atoms with E-state index in [1.165, 1.54) is 38.3 Å². The smallest absolute Gasteiger partial charge is 0.244 e. The van der Waals surface area contributed by atoms with E-state index in [0.717, 1.165) is 6.54 Å². The van der Waals surface area contributed by atoms with Crippen molar-refractivity contribution < 1.29 is 8.42 Å². The summed E-state index contributed by atoms with van der Waals surface area (Å²) in [7, 11) is -3.51. The Bertz CT molecular complexity index is 1010. The van der Waals surface area contributed by atoms with Crippen LogP contribution in [-0.2, 0) is 16.6 Å². The second-order valence-electron chi connectivity index (χ2n) is 6.25. The van der Waals surface area contributed by atoms with Crippen molar-refractivity contribution in [3.63, 3.8) is 0 Å². The van der Waals surface area contributed by atoms with Crippen molar-refractivity contribution in [2.75, 3.05) is 26.2 Å². The maximum absolute atomic E-state index is 12.7. The van der Waals surface area contributed by atoms with E-state index in [1.807, 2.05) is 0 Å². The van der Waals surface area contributed by atoms with Gasteiger partial charge in [0.05, 0.1) is 0 Å². The Morgan fingerprint density at radius 3 is 2.58 bits per heavy atom. The zero-order valence-corrected chi connectivity index (χ0v) is 16.4. The molecule has 0 saturated carbocycles. The summed E-state index contributed by atoms with van der Waals surface area (Å²) < 4.78 is 28.3. The topological polar surface area (TPSA) is 53.5 Å². The van der Waals surface area contributed by atoms with E-state index in [2.05, 4.69) is 39.5 Å². The minimum Gasteiger partial charge on any atom is -0.296 e. The molecule has 3 heterocycles. The third-order valence-electron chi connectivity index (χ3n) is 4.62. The average Bonchev–Trinajstić information content (AvgIpc) is 3.06. The molecule has 1 aliphatic rings. The number of hydrogen-bond donors (Lipinski definition) is 0. The minimum absolute atomic E-state index is 0.194. The van der Waals surface area contributed by atoms with Crippen LogP contribution in [0.3, 0.4) is 0 Å². The Balaban J connectivity index is 1.43. The molecule has 5 nitrogen and oxygen atoms in total. The van der Waals surface area contributed by atoms with Gasteiger partial charge in [0.25, 0.3) is 0 Å². The van der Waals surface area contributed by atoms with Crippen LogP contribution >= 0.6 is 22.9 Å². The lowest BCUT2D eigenvalue weighted by atomic mass is 10.1. The Morgan fingerprint density at radius 1 is 1.08 bits per heavy atom. The number of sulfonamides is 1. The average molecular weight is 408 g/mol. The third kappa shape index (κ3) is 3.50. The molecule has 2 aromatic heterocycles. The largest absolute Gasteiger partial charge is 0.296 e. The summed E-state index contributed by atoms with van der Waals surface area (Å²) in [4.78, 5) is 6.38. The van der Waals surface area contributed by atoms with Crippen molar-refractivity contribution in [1.29, 1.82) is 0 Å². The van der Waals surface area contributed by atoms with Crippen LogP contribution in [0.25, 0.3) is 10.1 Å². The van der Waals surface area contributed by atoms with E-state index < -0.39 is 10.0 Å². The van der Waals surface area contributed by atoms with E-state index in [-0.39, 0.29) is 10.0 Å². The van der Waals surface area contributed by atoms with Crippen LogP contribution in [0.15, 0.2) is 52.9 Å². The van der Waals surface area contributed by atoms with E-state index in [4.69, 9.17) is 11.6 Å². The molecule has 3 aromatic rings. The Kier molecular flexibility index (Phi) is 4.98. The van der Waals surface area contributed by atoms with Gasteiger partial charge in [0.15, 0.2) is 0 Å². The van der Waals surface area contributed by atoms with Gasteiger partial charge >= 0.3 is 0 Å². The highest BCUT2D eigenvalue weighted by atomic mass is 35.5. The Morgan fingerprint density at radius 2 is 1.85 bits per heavy atom. The van der Waals surface area contributed by atoms with E-state index in [9.17, 15) is 8.42 Å². The molecule has 26 heavy (non-hydrogen) atoms. The molecule has 1 saturated heterocycles. The van der Waals surface area contributed by atoms with Gasteiger partial charge in [0.2, 0.25) is 10.0 Å². The van der Waals surface area contributed by atoms with Gasteiger partial charge in [-0.2, -0.15) is 4.31 Å². The van der Waals surface area contributed by atoms with Gasteiger partial charge in [0, 0.05) is 43.6 Å². The first kappa shape index (κ1) is 17.9. The number of benzene rings is 1. The van der Waals surface area contributed by atoms with Gasteiger partial charge in [-0.15, -0.1) is 11.3 Å². The highest BCUT2D eigenvalue weighted by molar-refractivity contribution is 7.89. The number of hydrogen-bond acceptors (Lipinski definition) is 5. The second-order valence-corrected chi connectivity index (χ2v) is 9.49. The van der Waals surface area contributed by atoms with Gasteiger partial charge < -0.3 is 0 Å². The summed E-state index contributed by atoms with van der Waals surface area (Å²) in [6.45, 7) is 3.23. The third-order valence-corrected chi connectivity index (χ3v) is 7.74. The van der Waals surface area contributed by atoms with Gasteiger partial charge in [0.1, 0.15) is 10.0 Å². The van der Waals surface area contributed by atoms with Crippen LogP contribution in [0, 0.1) is 0 Å². The van der Waals surface area contributed by atoms with Crippen LogP contribution in [0.5, 0.6) is 0 Å². The van der Waals surface area contributed by atoms with Crippen molar-refractivity contribution in [2.45, 2.75) is 11.4 Å². The van der Waals surface area contributed by atoms with E-state index in [0.29, 0.717) is 26.2 Å². The lowest BCUT2D eigenvalue weighted by molar-refractivity contribution is 0.182. The molecule has 0 N–H and O–H groups in total. The summed E-state index contributed by atoms with van der Waals surface area (Å²) in [5, 5.41) is 3.78. The summed E-state index contributed by atoms with van der Waals surface area (Å²) in [6.07, 6.45) is 1.32. The number of pyridine rings is 1. The first-order valence-corrected chi connectivity index (χ1v) is 11.0. The van der Waals surface area contributed by atoms with E-state index >= 15 is 0 Å². The molecular formula is C18H18ClN3O2S2. The first-order chi connectivity index (χ1) is 12.5.